The van der Waals surface area contributed by atoms with Crippen LogP contribution in [-0.4, -0.2) is 130 Å². The molecule has 2 N–H and O–H groups in total. The van der Waals surface area contributed by atoms with Crippen LogP contribution in [0, 0.1) is 0 Å². The quantitative estimate of drug-likeness (QED) is 0.0991. The molecule has 2 atom stereocenters. The average Bonchev–Trinajstić information content (AvgIpc) is 3.61. The van der Waals surface area contributed by atoms with Crippen molar-refractivity contribution in [3.8, 4) is 22.5 Å². The van der Waals surface area contributed by atoms with E-state index < -0.39 is 59.3 Å². The fourth-order valence-electron chi connectivity index (χ4n) is 9.98. The molecule has 10 rings (SSSR count). The summed E-state index contributed by atoms with van der Waals surface area (Å²) in [6, 6.07) is 16.0. The lowest BCUT2D eigenvalue weighted by molar-refractivity contribution is -0.141. The number of carbonyl (C=O) groups is 1. The average molecular weight is 1150 g/mol. The first-order valence-corrected chi connectivity index (χ1v) is 25.6. The summed E-state index contributed by atoms with van der Waals surface area (Å²) >= 11 is 0. The zero-order valence-electron chi connectivity index (χ0n) is 43.4. The molecule has 82 heavy (non-hydrogen) atoms. The minimum absolute atomic E-state index is 0.00523. The van der Waals surface area contributed by atoms with E-state index in [4.69, 9.17) is 19.9 Å². The molecule has 2 saturated heterocycles. The van der Waals surface area contributed by atoms with Crippen molar-refractivity contribution in [1.82, 2.24) is 59.5 Å². The lowest BCUT2D eigenvalue weighted by Gasteiger charge is -2.41. The smallest absolute Gasteiger partial charge is 0.338 e. The van der Waals surface area contributed by atoms with Gasteiger partial charge in [-0.1, -0.05) is 12.1 Å². The standard InChI is InChI=1S/C55H48F12N14O/c1-31(80-21-17-78(18-22-80)29-45-74-41-25-33(47-39(52(56,57)58)5-3-15-68-47)7-11-37(41)50(76-45)72-35-9-13-43(70-27-35)54(62,63)64)49(82)32(2)81-23-19-79(20-24-81)30-46-75-42-26-34(48-40(53(59,60)61)6-4-16-69-48)8-12-38(42)51(77-46)73-36-10-14-44(71-28-36)55(65,66)67/h3-16,25-28,31-32H,17-24,29-30H2,1-2H3,(H,72,74,76)(H,73,75,77). The number of alkyl halides is 12. The van der Waals surface area contributed by atoms with Crippen LogP contribution >= 0.6 is 0 Å². The second-order valence-corrected chi connectivity index (χ2v) is 19.7. The van der Waals surface area contributed by atoms with Crippen molar-refractivity contribution in [3.63, 3.8) is 0 Å². The van der Waals surface area contributed by atoms with Gasteiger partial charge in [-0.3, -0.25) is 34.4 Å². The number of pyridine rings is 4. The van der Waals surface area contributed by atoms with Gasteiger partial charge in [-0.15, -0.1) is 0 Å². The highest BCUT2D eigenvalue weighted by molar-refractivity contribution is 5.95. The number of halogens is 12. The van der Waals surface area contributed by atoms with Gasteiger partial charge in [0, 0.05) is 86.7 Å². The Bertz CT molecular complexity index is 3370. The molecule has 15 nitrogen and oxygen atoms in total. The lowest BCUT2D eigenvalue weighted by atomic mass is 10.0. The fourth-order valence-corrected chi connectivity index (χ4v) is 9.98. The molecule has 0 spiro atoms. The van der Waals surface area contributed by atoms with Crippen molar-refractivity contribution in [2.45, 2.75) is 63.7 Å². The molecule has 27 heteroatoms. The Labute approximate surface area is 459 Å². The van der Waals surface area contributed by atoms with Gasteiger partial charge >= 0.3 is 24.7 Å². The van der Waals surface area contributed by atoms with Gasteiger partial charge in [-0.25, -0.2) is 29.9 Å². The van der Waals surface area contributed by atoms with Crippen molar-refractivity contribution in [2.75, 3.05) is 63.0 Å². The second-order valence-electron chi connectivity index (χ2n) is 19.7. The summed E-state index contributed by atoms with van der Waals surface area (Å²) in [7, 11) is 0. The van der Waals surface area contributed by atoms with Crippen molar-refractivity contribution >= 4 is 50.6 Å². The van der Waals surface area contributed by atoms with Crippen LogP contribution in [-0.2, 0) is 42.6 Å². The maximum absolute atomic E-state index is 14.1. The third kappa shape index (κ3) is 12.9. The second kappa shape index (κ2) is 22.7. The van der Waals surface area contributed by atoms with E-state index in [9.17, 15) is 57.5 Å². The highest BCUT2D eigenvalue weighted by Crippen LogP contribution is 2.40. The number of nitrogens with zero attached hydrogens (tertiary/aromatic N) is 12. The first-order chi connectivity index (χ1) is 38.8. The molecule has 0 amide bonds. The number of rotatable bonds is 14. The molecule has 6 aromatic heterocycles. The molecule has 2 aliphatic heterocycles. The molecular formula is C55H48F12N14O. The molecule has 2 fully saturated rings. The Kier molecular flexibility index (Phi) is 15.9. The van der Waals surface area contributed by atoms with E-state index >= 15 is 0 Å². The minimum atomic E-state index is -4.70. The number of carbonyl (C=O) groups excluding carboxylic acids is 1. The monoisotopic (exact) mass is 1150 g/mol. The minimum Gasteiger partial charge on any atom is -0.338 e. The Hall–Kier alpha value is -8.01. The molecular weight excluding hydrogens is 1100 g/mol. The van der Waals surface area contributed by atoms with Crippen LogP contribution in [0.25, 0.3) is 44.3 Å². The van der Waals surface area contributed by atoms with Gasteiger partial charge in [0.25, 0.3) is 0 Å². The van der Waals surface area contributed by atoms with E-state index in [1.54, 1.807) is 0 Å². The van der Waals surface area contributed by atoms with E-state index in [-0.39, 0.29) is 87.1 Å². The maximum Gasteiger partial charge on any atom is 0.433 e. The van der Waals surface area contributed by atoms with Crippen LogP contribution in [0.2, 0.25) is 0 Å². The van der Waals surface area contributed by atoms with Crippen LogP contribution in [0.5, 0.6) is 0 Å². The summed E-state index contributed by atoms with van der Waals surface area (Å²) in [5.74, 6) is 0.903. The van der Waals surface area contributed by atoms with Gasteiger partial charge in [-0.2, -0.15) is 52.7 Å². The van der Waals surface area contributed by atoms with E-state index in [1.807, 2.05) is 13.8 Å². The molecule has 2 aromatic carbocycles. The Morgan fingerprint density at radius 2 is 0.878 bits per heavy atom. The van der Waals surface area contributed by atoms with Crippen molar-refractivity contribution in [1.29, 1.82) is 0 Å². The highest BCUT2D eigenvalue weighted by Gasteiger charge is 2.38. The van der Waals surface area contributed by atoms with E-state index in [1.165, 1.54) is 73.1 Å². The molecule has 8 heterocycles. The number of anilines is 4. The molecule has 0 aliphatic carbocycles. The molecule has 2 unspecified atom stereocenters. The summed E-state index contributed by atoms with van der Waals surface area (Å²) in [6.45, 7) is 7.92. The van der Waals surface area contributed by atoms with Crippen LogP contribution in [0.4, 0.5) is 75.7 Å². The number of fused-ring (bicyclic) bond motifs is 2. The molecule has 0 saturated carbocycles. The molecule has 2 aliphatic rings. The normalized spacial score (nSPS) is 16.4. The Morgan fingerprint density at radius 3 is 1.22 bits per heavy atom. The van der Waals surface area contributed by atoms with E-state index in [0.29, 0.717) is 63.1 Å². The van der Waals surface area contributed by atoms with Gasteiger partial charge in [0.05, 0.1) is 82.5 Å². The number of Topliss-reactive ketones (excluding diaryl/α,β-unsaturated/α-hetero) is 1. The molecule has 0 bridgehead atoms. The largest absolute Gasteiger partial charge is 0.433 e. The van der Waals surface area contributed by atoms with Gasteiger partial charge in [-0.05, 0) is 86.6 Å². The number of nitrogens with one attached hydrogen (secondary N) is 2. The topological polar surface area (TPSA) is 157 Å². The number of piperazine rings is 2. The van der Waals surface area contributed by atoms with Gasteiger partial charge in [0.15, 0.2) is 5.78 Å². The molecule has 8 aromatic rings. The lowest BCUT2D eigenvalue weighted by Crippen LogP contribution is -2.57. The molecule has 0 radical (unpaired) electrons. The number of hydrogen-bond donors (Lipinski definition) is 2. The van der Waals surface area contributed by atoms with Gasteiger partial charge in [0.1, 0.15) is 34.7 Å². The first-order valence-electron chi connectivity index (χ1n) is 25.6. The van der Waals surface area contributed by atoms with E-state index in [2.05, 4.69) is 50.2 Å². The van der Waals surface area contributed by atoms with Crippen molar-refractivity contribution in [2.24, 2.45) is 0 Å². The number of benzene rings is 2. The Morgan fingerprint density at radius 1 is 0.488 bits per heavy atom. The third-order valence-electron chi connectivity index (χ3n) is 14.4. The van der Waals surface area contributed by atoms with Crippen molar-refractivity contribution < 1.29 is 57.5 Å². The van der Waals surface area contributed by atoms with Crippen LogP contribution in [0.15, 0.2) is 110 Å². The predicted molar refractivity (Wildman–Crippen MR) is 278 cm³/mol. The summed E-state index contributed by atoms with van der Waals surface area (Å²) in [4.78, 5) is 56.3. The van der Waals surface area contributed by atoms with Gasteiger partial charge < -0.3 is 10.6 Å². The molecule has 428 valence electrons. The van der Waals surface area contributed by atoms with Crippen LogP contribution in [0.3, 0.4) is 0 Å². The summed E-state index contributed by atoms with van der Waals surface area (Å²) < 4.78 is 164. The highest BCUT2D eigenvalue weighted by atomic mass is 19.4. The summed E-state index contributed by atoms with van der Waals surface area (Å²) in [5.41, 5.74) is -3.63. The van der Waals surface area contributed by atoms with Crippen molar-refractivity contribution in [3.05, 3.63) is 144 Å². The number of ketones is 1. The first kappa shape index (κ1) is 57.2. The fraction of sp³-hybridized carbons (Fsp3) is 0.327. The zero-order valence-corrected chi connectivity index (χ0v) is 43.4. The summed E-state index contributed by atoms with van der Waals surface area (Å²) in [5, 5.41) is 6.75. The third-order valence-corrected chi connectivity index (χ3v) is 14.4. The SMILES string of the molecule is CC(C(=O)C(C)N1CCN(Cc2nc(Nc3ccc(C(F)(F)F)nc3)c3ccc(-c4ncccc4C(F)(F)F)cc3n2)CC1)N1CCN(Cc2nc(Nc3ccc(C(F)(F)F)nc3)c3ccc(-c4ncccc4C(F)(F)F)cc3n2)CC1. The van der Waals surface area contributed by atoms with E-state index in [0.717, 1.165) is 36.7 Å². The van der Waals surface area contributed by atoms with Crippen LogP contribution < -0.4 is 10.6 Å². The number of hydrogen-bond acceptors (Lipinski definition) is 15. The zero-order chi connectivity index (χ0) is 58.3. The van der Waals surface area contributed by atoms with Crippen LogP contribution in [0.1, 0.15) is 48.0 Å². The Balaban J connectivity index is 0.796. The maximum atomic E-state index is 14.1. The predicted octanol–water partition coefficient (Wildman–Crippen LogP) is 11.3. The summed E-state index contributed by atoms with van der Waals surface area (Å²) in [6.07, 6.45) is -14.3. The van der Waals surface area contributed by atoms with Gasteiger partial charge in [0.2, 0.25) is 0 Å². The number of aromatic nitrogens is 8.